The van der Waals surface area contributed by atoms with E-state index < -0.39 is 12.0 Å². The molecule has 0 aliphatic carbocycles. The first-order chi connectivity index (χ1) is 23.2. The number of amides is 2. The van der Waals surface area contributed by atoms with Crippen LogP contribution in [0, 0.1) is 5.92 Å². The maximum absolute atomic E-state index is 13.6. The molecular formula is C40H49N3O4S. The molecule has 0 saturated heterocycles. The van der Waals surface area contributed by atoms with E-state index >= 15 is 0 Å². The summed E-state index contributed by atoms with van der Waals surface area (Å²) in [5.74, 6) is 0.267. The summed E-state index contributed by atoms with van der Waals surface area (Å²) in [6.07, 6.45) is 4.01. The molecule has 0 aliphatic rings. The largest absolute Gasteiger partial charge is 0.467 e. The lowest BCUT2D eigenvalue weighted by Crippen LogP contribution is -2.51. The maximum atomic E-state index is 13.6. The Morgan fingerprint density at radius 1 is 0.854 bits per heavy atom. The molecule has 2 atom stereocenters. The summed E-state index contributed by atoms with van der Waals surface area (Å²) in [4.78, 5) is 43.5. The Bertz CT molecular complexity index is 1620. The number of carbonyl (C=O) groups excluding carboxylic acids is 3. The van der Waals surface area contributed by atoms with E-state index in [4.69, 9.17) is 4.74 Å². The molecule has 0 saturated carbocycles. The third-order valence-electron chi connectivity index (χ3n) is 8.46. The van der Waals surface area contributed by atoms with Gasteiger partial charge < -0.3 is 15.0 Å². The van der Waals surface area contributed by atoms with Crippen molar-refractivity contribution in [2.45, 2.75) is 58.7 Å². The molecule has 4 rings (SSSR count). The standard InChI is InChI=1S/C40H49N3O4S/c1-29(2)24-36(43(30(3)44)35-20-18-32(19-21-35)25-31-12-7-6-8-13-31)27-42(26-34-16-11-15-33-14-9-10-17-37(33)34)28-39(45)41-38(22-23-48-5)40(46)47-4/h6-21,29,36,38H,22-28H2,1-5H3,(H,41,45)/t36-,38-/m0/s1. The minimum Gasteiger partial charge on any atom is -0.467 e. The number of methoxy groups -OCH3 is 1. The molecule has 0 aliphatic heterocycles. The molecule has 4 aromatic rings. The van der Waals surface area contributed by atoms with Gasteiger partial charge in [-0.2, -0.15) is 11.8 Å². The summed E-state index contributed by atoms with van der Waals surface area (Å²) in [5, 5.41) is 5.18. The molecule has 8 heteroatoms. The van der Waals surface area contributed by atoms with Gasteiger partial charge in [-0.15, -0.1) is 0 Å². The Hall–Kier alpha value is -4.14. The Labute approximate surface area is 290 Å². The first-order valence-electron chi connectivity index (χ1n) is 16.7. The molecule has 0 aromatic heterocycles. The van der Waals surface area contributed by atoms with Gasteiger partial charge in [0.25, 0.3) is 0 Å². The highest BCUT2D eigenvalue weighted by atomic mass is 32.2. The van der Waals surface area contributed by atoms with Crippen molar-refractivity contribution in [3.05, 3.63) is 114 Å². The Morgan fingerprint density at radius 2 is 1.52 bits per heavy atom. The molecule has 254 valence electrons. The fourth-order valence-electron chi connectivity index (χ4n) is 6.29. The van der Waals surface area contributed by atoms with Gasteiger partial charge >= 0.3 is 5.97 Å². The molecule has 0 bridgehead atoms. The van der Waals surface area contributed by atoms with Crippen LogP contribution in [-0.2, 0) is 32.1 Å². The zero-order valence-electron chi connectivity index (χ0n) is 28.9. The fourth-order valence-corrected chi connectivity index (χ4v) is 6.76. The molecule has 0 heterocycles. The number of anilines is 1. The summed E-state index contributed by atoms with van der Waals surface area (Å²) in [7, 11) is 1.34. The van der Waals surface area contributed by atoms with Crippen LogP contribution in [0.5, 0.6) is 0 Å². The number of hydrogen-bond acceptors (Lipinski definition) is 6. The lowest BCUT2D eigenvalue weighted by atomic mass is 9.99. The van der Waals surface area contributed by atoms with Crippen molar-refractivity contribution in [3.8, 4) is 0 Å². The van der Waals surface area contributed by atoms with Crippen molar-refractivity contribution in [1.82, 2.24) is 10.2 Å². The smallest absolute Gasteiger partial charge is 0.328 e. The third kappa shape index (κ3) is 10.7. The van der Waals surface area contributed by atoms with E-state index in [0.29, 0.717) is 31.2 Å². The van der Waals surface area contributed by atoms with Crippen LogP contribution < -0.4 is 10.2 Å². The number of ether oxygens (including phenoxy) is 1. The van der Waals surface area contributed by atoms with Crippen LogP contribution >= 0.6 is 11.8 Å². The van der Waals surface area contributed by atoms with Gasteiger partial charge in [0.1, 0.15) is 6.04 Å². The van der Waals surface area contributed by atoms with Gasteiger partial charge in [0.15, 0.2) is 0 Å². The van der Waals surface area contributed by atoms with E-state index in [9.17, 15) is 14.4 Å². The van der Waals surface area contributed by atoms with E-state index in [1.165, 1.54) is 18.2 Å². The van der Waals surface area contributed by atoms with Gasteiger partial charge in [-0.3, -0.25) is 14.5 Å². The molecule has 0 spiro atoms. The van der Waals surface area contributed by atoms with Gasteiger partial charge in [-0.1, -0.05) is 98.8 Å². The minimum absolute atomic E-state index is 0.0474. The number of benzene rings is 4. The van der Waals surface area contributed by atoms with Crippen molar-refractivity contribution < 1.29 is 19.1 Å². The van der Waals surface area contributed by atoms with Gasteiger partial charge in [-0.25, -0.2) is 4.79 Å². The topological polar surface area (TPSA) is 79.0 Å². The van der Waals surface area contributed by atoms with Crippen LogP contribution in [-0.4, -0.2) is 67.0 Å². The summed E-state index contributed by atoms with van der Waals surface area (Å²) in [5.41, 5.74) is 4.33. The number of thioether (sulfide) groups is 1. The molecular weight excluding hydrogens is 619 g/mol. The molecule has 0 fully saturated rings. The average Bonchev–Trinajstić information content (AvgIpc) is 3.07. The molecule has 48 heavy (non-hydrogen) atoms. The van der Waals surface area contributed by atoms with E-state index in [1.54, 1.807) is 18.7 Å². The molecule has 0 radical (unpaired) electrons. The van der Waals surface area contributed by atoms with E-state index in [2.05, 4.69) is 72.6 Å². The highest BCUT2D eigenvalue weighted by Crippen LogP contribution is 2.26. The first kappa shape index (κ1) is 36.7. The first-order valence-corrected chi connectivity index (χ1v) is 18.1. The van der Waals surface area contributed by atoms with Crippen LogP contribution in [0.4, 0.5) is 5.69 Å². The zero-order chi connectivity index (χ0) is 34.5. The summed E-state index contributed by atoms with van der Waals surface area (Å²) >= 11 is 1.61. The minimum atomic E-state index is -0.719. The van der Waals surface area contributed by atoms with E-state index in [0.717, 1.165) is 34.9 Å². The fraction of sp³-hybridized carbons (Fsp3) is 0.375. The van der Waals surface area contributed by atoms with Crippen molar-refractivity contribution in [3.63, 3.8) is 0 Å². The van der Waals surface area contributed by atoms with Gasteiger partial charge in [0.2, 0.25) is 11.8 Å². The van der Waals surface area contributed by atoms with Crippen molar-refractivity contribution >= 4 is 46.0 Å². The normalized spacial score (nSPS) is 12.6. The highest BCUT2D eigenvalue weighted by molar-refractivity contribution is 7.98. The number of fused-ring (bicyclic) bond motifs is 1. The van der Waals surface area contributed by atoms with Crippen LogP contribution in [0.3, 0.4) is 0 Å². The number of nitrogens with one attached hydrogen (secondary N) is 1. The second-order valence-corrected chi connectivity index (χ2v) is 13.7. The SMILES string of the molecule is COC(=O)[C@H](CCSC)NC(=O)CN(Cc1cccc2ccccc12)C[C@H](CC(C)C)N(C(C)=O)c1ccc(Cc2ccccc2)cc1. The molecule has 2 amide bonds. The van der Waals surface area contributed by atoms with Crippen LogP contribution in [0.15, 0.2) is 97.1 Å². The van der Waals surface area contributed by atoms with Gasteiger partial charge in [-0.05, 0) is 76.8 Å². The van der Waals surface area contributed by atoms with Crippen molar-refractivity contribution in [1.29, 1.82) is 0 Å². The number of nitrogens with zero attached hydrogens (tertiary/aromatic N) is 2. The molecule has 4 aromatic carbocycles. The average molecular weight is 668 g/mol. The van der Waals surface area contributed by atoms with Crippen LogP contribution in [0.1, 0.15) is 50.3 Å². The van der Waals surface area contributed by atoms with Crippen LogP contribution in [0.25, 0.3) is 10.8 Å². The monoisotopic (exact) mass is 667 g/mol. The van der Waals surface area contributed by atoms with Gasteiger partial charge in [0.05, 0.1) is 13.7 Å². The Kier molecular flexibility index (Phi) is 14.1. The predicted molar refractivity (Wildman–Crippen MR) is 198 cm³/mol. The Balaban J connectivity index is 1.64. The summed E-state index contributed by atoms with van der Waals surface area (Å²) in [6.45, 7) is 6.95. The number of rotatable bonds is 17. The molecule has 1 N–H and O–H groups in total. The number of carbonyl (C=O) groups is 3. The molecule has 0 unspecified atom stereocenters. The van der Waals surface area contributed by atoms with Crippen molar-refractivity contribution in [2.24, 2.45) is 5.92 Å². The zero-order valence-corrected chi connectivity index (χ0v) is 29.7. The van der Waals surface area contributed by atoms with E-state index in [-0.39, 0.29) is 24.4 Å². The Morgan fingerprint density at radius 3 is 2.19 bits per heavy atom. The lowest BCUT2D eigenvalue weighted by Gasteiger charge is -2.36. The lowest BCUT2D eigenvalue weighted by molar-refractivity contribution is -0.145. The second-order valence-electron chi connectivity index (χ2n) is 12.7. The van der Waals surface area contributed by atoms with Crippen LogP contribution in [0.2, 0.25) is 0 Å². The summed E-state index contributed by atoms with van der Waals surface area (Å²) < 4.78 is 5.00. The quantitative estimate of drug-likeness (QED) is 0.121. The van der Waals surface area contributed by atoms with Crippen molar-refractivity contribution in [2.75, 3.05) is 37.1 Å². The highest BCUT2D eigenvalue weighted by Gasteiger charge is 2.28. The third-order valence-corrected chi connectivity index (χ3v) is 9.10. The number of esters is 1. The van der Waals surface area contributed by atoms with E-state index in [1.807, 2.05) is 59.7 Å². The predicted octanol–water partition coefficient (Wildman–Crippen LogP) is 7.11. The van der Waals surface area contributed by atoms with Gasteiger partial charge in [0, 0.05) is 31.7 Å². The molecule has 7 nitrogen and oxygen atoms in total. The summed E-state index contributed by atoms with van der Waals surface area (Å²) in [6, 6.07) is 32.1. The maximum Gasteiger partial charge on any atom is 0.328 e. The second kappa shape index (κ2) is 18.4. The number of hydrogen-bond donors (Lipinski definition) is 1.